The lowest BCUT2D eigenvalue weighted by atomic mass is 10.1. The zero-order valence-corrected chi connectivity index (χ0v) is 12.5. The van der Waals surface area contributed by atoms with Crippen molar-refractivity contribution in [3.8, 4) is 0 Å². The van der Waals surface area contributed by atoms with Crippen molar-refractivity contribution in [2.24, 2.45) is 0 Å². The van der Waals surface area contributed by atoms with Gasteiger partial charge >= 0.3 is 0 Å². The van der Waals surface area contributed by atoms with E-state index in [0.717, 1.165) is 17.7 Å². The molecule has 0 radical (unpaired) electrons. The minimum Gasteiger partial charge on any atom is -0.383 e. The molecule has 0 amide bonds. The summed E-state index contributed by atoms with van der Waals surface area (Å²) >= 11 is 0. The quantitative estimate of drug-likeness (QED) is 0.768. The summed E-state index contributed by atoms with van der Waals surface area (Å²) in [6, 6.07) is 7.60. The first-order chi connectivity index (χ1) is 8.99. The second-order valence-electron chi connectivity index (χ2n) is 4.42. The monoisotopic (exact) mass is 286 g/mol. The first-order valence-electron chi connectivity index (χ1n) is 6.15. The molecular weight excluding hydrogens is 264 g/mol. The molecule has 0 aliphatic heterocycles. The van der Waals surface area contributed by atoms with Gasteiger partial charge in [0, 0.05) is 27.2 Å². The SMILES string of the molecule is CNCc1cccc(CS(=O)(=O)N(C)CCOC)c1. The van der Waals surface area contributed by atoms with Crippen LogP contribution in [0.1, 0.15) is 11.1 Å². The molecule has 1 aromatic carbocycles. The lowest BCUT2D eigenvalue weighted by molar-refractivity contribution is 0.185. The van der Waals surface area contributed by atoms with Gasteiger partial charge in [-0.25, -0.2) is 12.7 Å². The summed E-state index contributed by atoms with van der Waals surface area (Å²) in [5, 5.41) is 3.05. The van der Waals surface area contributed by atoms with Crippen LogP contribution in [0.4, 0.5) is 0 Å². The molecule has 0 saturated heterocycles. The summed E-state index contributed by atoms with van der Waals surface area (Å²) in [5.41, 5.74) is 1.88. The molecule has 108 valence electrons. The van der Waals surface area contributed by atoms with Crippen molar-refractivity contribution in [3.63, 3.8) is 0 Å². The minimum absolute atomic E-state index is 0.0186. The zero-order valence-electron chi connectivity index (χ0n) is 11.7. The number of nitrogens with one attached hydrogen (secondary N) is 1. The third-order valence-electron chi connectivity index (χ3n) is 2.81. The number of nitrogens with zero attached hydrogens (tertiary/aromatic N) is 1. The Balaban J connectivity index is 2.74. The number of rotatable bonds is 8. The van der Waals surface area contributed by atoms with Crippen molar-refractivity contribution in [2.75, 3.05) is 34.4 Å². The van der Waals surface area contributed by atoms with Crippen molar-refractivity contribution >= 4 is 10.0 Å². The minimum atomic E-state index is -3.28. The molecule has 1 rings (SSSR count). The Bertz CT molecular complexity index is 488. The first-order valence-corrected chi connectivity index (χ1v) is 7.76. The highest BCUT2D eigenvalue weighted by molar-refractivity contribution is 7.88. The van der Waals surface area contributed by atoms with Gasteiger partial charge in [-0.3, -0.25) is 0 Å². The van der Waals surface area contributed by atoms with E-state index in [1.165, 1.54) is 4.31 Å². The van der Waals surface area contributed by atoms with Crippen LogP contribution in [0.5, 0.6) is 0 Å². The van der Waals surface area contributed by atoms with E-state index in [1.807, 2.05) is 31.3 Å². The lowest BCUT2D eigenvalue weighted by Crippen LogP contribution is -2.31. The van der Waals surface area contributed by atoms with Crippen molar-refractivity contribution in [1.82, 2.24) is 9.62 Å². The number of methoxy groups -OCH3 is 1. The Morgan fingerprint density at radius 1 is 1.32 bits per heavy atom. The van der Waals surface area contributed by atoms with Gasteiger partial charge in [0.05, 0.1) is 12.4 Å². The smallest absolute Gasteiger partial charge is 0.218 e. The number of hydrogen-bond donors (Lipinski definition) is 1. The molecule has 0 heterocycles. The first kappa shape index (κ1) is 16.1. The predicted molar refractivity (Wildman–Crippen MR) is 76.3 cm³/mol. The van der Waals surface area contributed by atoms with Crippen LogP contribution >= 0.6 is 0 Å². The standard InChI is InChI=1S/C13H22N2O3S/c1-14-10-12-5-4-6-13(9-12)11-19(16,17)15(2)7-8-18-3/h4-6,9,14H,7-8,10-11H2,1-3H3. The molecule has 0 spiro atoms. The van der Waals surface area contributed by atoms with Crippen molar-refractivity contribution in [3.05, 3.63) is 35.4 Å². The average molecular weight is 286 g/mol. The summed E-state index contributed by atoms with van der Waals surface area (Å²) < 4.78 is 30.5. The molecule has 0 bridgehead atoms. The Kier molecular flexibility index (Phi) is 6.44. The van der Waals surface area contributed by atoms with Gasteiger partial charge in [-0.2, -0.15) is 0 Å². The third kappa shape index (κ3) is 5.28. The molecule has 0 aliphatic carbocycles. The highest BCUT2D eigenvalue weighted by atomic mass is 32.2. The molecule has 0 atom stereocenters. The summed E-state index contributed by atoms with van der Waals surface area (Å²) in [5.74, 6) is 0.0186. The van der Waals surface area contributed by atoms with Gasteiger partial charge in [0.2, 0.25) is 10.0 Å². The molecule has 0 aromatic heterocycles. The van der Waals surface area contributed by atoms with E-state index in [0.29, 0.717) is 13.2 Å². The normalized spacial score (nSPS) is 12.0. The van der Waals surface area contributed by atoms with Gasteiger partial charge in [-0.15, -0.1) is 0 Å². The molecule has 1 N–H and O–H groups in total. The van der Waals surface area contributed by atoms with Crippen LogP contribution in [-0.4, -0.2) is 47.1 Å². The summed E-state index contributed by atoms with van der Waals surface area (Å²) in [6.07, 6.45) is 0. The number of ether oxygens (including phenoxy) is 1. The van der Waals surface area contributed by atoms with E-state index in [4.69, 9.17) is 4.74 Å². The van der Waals surface area contributed by atoms with Crippen LogP contribution in [0.25, 0.3) is 0 Å². The second kappa shape index (κ2) is 7.59. The van der Waals surface area contributed by atoms with Crippen LogP contribution in [0.3, 0.4) is 0 Å². The molecule has 0 saturated carbocycles. The number of benzene rings is 1. The van der Waals surface area contributed by atoms with E-state index in [-0.39, 0.29) is 5.75 Å². The largest absolute Gasteiger partial charge is 0.383 e. The molecular formula is C13H22N2O3S. The Labute approximate surface area is 115 Å². The summed E-state index contributed by atoms with van der Waals surface area (Å²) in [4.78, 5) is 0. The van der Waals surface area contributed by atoms with Crippen LogP contribution < -0.4 is 5.32 Å². The highest BCUT2D eigenvalue weighted by Gasteiger charge is 2.18. The Morgan fingerprint density at radius 3 is 2.63 bits per heavy atom. The van der Waals surface area contributed by atoms with E-state index >= 15 is 0 Å². The molecule has 19 heavy (non-hydrogen) atoms. The lowest BCUT2D eigenvalue weighted by Gasteiger charge is -2.16. The summed E-state index contributed by atoms with van der Waals surface area (Å²) in [6.45, 7) is 1.50. The van der Waals surface area contributed by atoms with Gasteiger partial charge in [-0.1, -0.05) is 24.3 Å². The highest BCUT2D eigenvalue weighted by Crippen LogP contribution is 2.11. The molecule has 0 fully saturated rings. The van der Waals surface area contributed by atoms with Crippen molar-refractivity contribution < 1.29 is 13.2 Å². The maximum atomic E-state index is 12.1. The Morgan fingerprint density at radius 2 is 2.00 bits per heavy atom. The summed E-state index contributed by atoms with van der Waals surface area (Å²) in [7, 11) is 1.71. The average Bonchev–Trinajstić information content (AvgIpc) is 2.36. The van der Waals surface area contributed by atoms with Crippen molar-refractivity contribution in [2.45, 2.75) is 12.3 Å². The topological polar surface area (TPSA) is 58.6 Å². The van der Waals surface area contributed by atoms with Gasteiger partial charge in [0.1, 0.15) is 0 Å². The number of hydrogen-bond acceptors (Lipinski definition) is 4. The molecule has 0 aliphatic rings. The molecule has 0 unspecified atom stereocenters. The van der Waals surface area contributed by atoms with E-state index in [1.54, 1.807) is 14.2 Å². The van der Waals surface area contributed by atoms with Crippen LogP contribution in [0.2, 0.25) is 0 Å². The van der Waals surface area contributed by atoms with E-state index in [9.17, 15) is 8.42 Å². The van der Waals surface area contributed by atoms with E-state index < -0.39 is 10.0 Å². The van der Waals surface area contributed by atoms with Gasteiger partial charge in [0.15, 0.2) is 0 Å². The van der Waals surface area contributed by atoms with Crippen LogP contribution in [0.15, 0.2) is 24.3 Å². The maximum absolute atomic E-state index is 12.1. The van der Waals surface area contributed by atoms with Crippen LogP contribution in [-0.2, 0) is 27.1 Å². The number of likely N-dealkylation sites (N-methyl/N-ethyl adjacent to an activating group) is 1. The van der Waals surface area contributed by atoms with Crippen molar-refractivity contribution in [1.29, 1.82) is 0 Å². The second-order valence-corrected chi connectivity index (χ2v) is 6.50. The zero-order chi connectivity index (χ0) is 14.3. The van der Waals surface area contributed by atoms with E-state index in [2.05, 4.69) is 5.32 Å². The predicted octanol–water partition coefficient (Wildman–Crippen LogP) is 0.814. The fourth-order valence-electron chi connectivity index (χ4n) is 1.71. The molecule has 6 heteroatoms. The fraction of sp³-hybridized carbons (Fsp3) is 0.538. The molecule has 1 aromatic rings. The third-order valence-corrected chi connectivity index (χ3v) is 4.64. The fourth-order valence-corrected chi connectivity index (χ4v) is 2.89. The Hall–Kier alpha value is -0.950. The van der Waals surface area contributed by atoms with Gasteiger partial charge in [-0.05, 0) is 18.2 Å². The van der Waals surface area contributed by atoms with Gasteiger partial charge in [0.25, 0.3) is 0 Å². The van der Waals surface area contributed by atoms with Gasteiger partial charge < -0.3 is 10.1 Å². The maximum Gasteiger partial charge on any atom is 0.218 e. The number of sulfonamides is 1. The molecule has 5 nitrogen and oxygen atoms in total. The van der Waals surface area contributed by atoms with Crippen LogP contribution in [0, 0.1) is 0 Å².